The van der Waals surface area contributed by atoms with Gasteiger partial charge < -0.3 is 0 Å². The van der Waals surface area contributed by atoms with Crippen molar-refractivity contribution in [2.24, 2.45) is 47.3 Å². The van der Waals surface area contributed by atoms with Crippen molar-refractivity contribution in [1.29, 1.82) is 0 Å². The lowest BCUT2D eigenvalue weighted by molar-refractivity contribution is 0.140. The van der Waals surface area contributed by atoms with Gasteiger partial charge in [0.1, 0.15) is 0 Å². The summed E-state index contributed by atoms with van der Waals surface area (Å²) in [5, 5.41) is 0. The van der Waals surface area contributed by atoms with Gasteiger partial charge in [0.05, 0.1) is 0 Å². The van der Waals surface area contributed by atoms with Crippen molar-refractivity contribution in [3.8, 4) is 0 Å². The zero-order valence-electron chi connectivity index (χ0n) is 22.1. The Morgan fingerprint density at radius 2 is 1.45 bits per heavy atom. The molecule has 0 aromatic rings. The van der Waals surface area contributed by atoms with E-state index in [4.69, 9.17) is 0 Å². The fraction of sp³-hybridized carbons (Fsp3) is 1.00. The third-order valence-corrected chi connectivity index (χ3v) is 10.2. The Morgan fingerprint density at radius 3 is 2.16 bits per heavy atom. The van der Waals surface area contributed by atoms with Gasteiger partial charge in [0, 0.05) is 0 Å². The minimum absolute atomic E-state index is 0.945. The van der Waals surface area contributed by atoms with Crippen LogP contribution in [-0.4, -0.2) is 0 Å². The number of hydrogen-bond donors (Lipinski definition) is 0. The molecule has 3 saturated carbocycles. The van der Waals surface area contributed by atoms with Gasteiger partial charge in [0.25, 0.3) is 0 Å². The van der Waals surface area contributed by atoms with Crippen LogP contribution in [0.15, 0.2) is 0 Å². The molecule has 0 aliphatic heterocycles. The van der Waals surface area contributed by atoms with Crippen LogP contribution in [0.3, 0.4) is 0 Å². The Hall–Kier alpha value is 0. The van der Waals surface area contributed by atoms with Crippen LogP contribution in [0.1, 0.15) is 150 Å². The molecule has 0 bridgehead atoms. The van der Waals surface area contributed by atoms with E-state index >= 15 is 0 Å². The standard InChI is InChI=1S/C31H58/c1-5-6-8-15-30-16-11-12-24(2)23-31(30)26(4)21-25(3)22-27-17-19-29(20-18-27)28-13-9-7-10-14-28/h24-31H,5-23H2,1-4H3. The highest BCUT2D eigenvalue weighted by atomic mass is 14.4. The van der Waals surface area contributed by atoms with Gasteiger partial charge in [-0.3, -0.25) is 0 Å². The summed E-state index contributed by atoms with van der Waals surface area (Å²) in [6, 6.07) is 0. The molecule has 0 heterocycles. The average molecular weight is 431 g/mol. The highest BCUT2D eigenvalue weighted by Gasteiger charge is 2.32. The Balaban J connectivity index is 1.43. The van der Waals surface area contributed by atoms with Gasteiger partial charge in [-0.1, -0.05) is 118 Å². The lowest BCUT2D eigenvalue weighted by Crippen LogP contribution is -2.26. The first-order chi connectivity index (χ1) is 15.1. The van der Waals surface area contributed by atoms with Crippen molar-refractivity contribution in [2.45, 2.75) is 150 Å². The summed E-state index contributed by atoms with van der Waals surface area (Å²) < 4.78 is 0. The fourth-order valence-corrected chi connectivity index (χ4v) is 8.40. The van der Waals surface area contributed by atoms with Crippen molar-refractivity contribution in [1.82, 2.24) is 0 Å². The van der Waals surface area contributed by atoms with E-state index in [-0.39, 0.29) is 0 Å². The highest BCUT2D eigenvalue weighted by Crippen LogP contribution is 2.44. The van der Waals surface area contributed by atoms with Crippen LogP contribution in [0.4, 0.5) is 0 Å². The summed E-state index contributed by atoms with van der Waals surface area (Å²) in [7, 11) is 0. The molecule has 3 aliphatic carbocycles. The SMILES string of the molecule is CCCCCC1CCCC(C)CC1C(C)CC(C)CC1CCC(C2CCCCC2)CC1. The maximum absolute atomic E-state index is 2.64. The summed E-state index contributed by atoms with van der Waals surface area (Å²) in [4.78, 5) is 0. The second-order valence-corrected chi connectivity index (χ2v) is 12.9. The van der Waals surface area contributed by atoms with Gasteiger partial charge in [-0.2, -0.15) is 0 Å². The van der Waals surface area contributed by atoms with Crippen LogP contribution in [0, 0.1) is 47.3 Å². The Morgan fingerprint density at radius 1 is 0.742 bits per heavy atom. The lowest BCUT2D eigenvalue weighted by atomic mass is 9.68. The summed E-state index contributed by atoms with van der Waals surface area (Å²) in [5.41, 5.74) is 0. The molecule has 3 fully saturated rings. The highest BCUT2D eigenvalue weighted by molar-refractivity contribution is 4.83. The molecule has 3 aliphatic rings. The molecule has 31 heavy (non-hydrogen) atoms. The average Bonchev–Trinajstić information content (AvgIpc) is 2.96. The van der Waals surface area contributed by atoms with Crippen molar-refractivity contribution in [2.75, 3.05) is 0 Å². The molecular formula is C31H58. The van der Waals surface area contributed by atoms with E-state index in [1.165, 1.54) is 83.5 Å². The van der Waals surface area contributed by atoms with Crippen molar-refractivity contribution >= 4 is 0 Å². The van der Waals surface area contributed by atoms with Gasteiger partial charge in [0.15, 0.2) is 0 Å². The third kappa shape index (κ3) is 8.37. The monoisotopic (exact) mass is 430 g/mol. The zero-order valence-corrected chi connectivity index (χ0v) is 22.1. The first kappa shape index (κ1) is 25.6. The normalized spacial score (nSPS) is 35.4. The molecule has 0 spiro atoms. The fourth-order valence-electron chi connectivity index (χ4n) is 8.40. The zero-order chi connectivity index (χ0) is 22.1. The molecule has 0 amide bonds. The predicted molar refractivity (Wildman–Crippen MR) is 138 cm³/mol. The Labute approximate surface area is 197 Å². The molecule has 0 radical (unpaired) electrons. The molecule has 0 heteroatoms. The minimum atomic E-state index is 0.945. The van der Waals surface area contributed by atoms with Crippen LogP contribution < -0.4 is 0 Å². The second-order valence-electron chi connectivity index (χ2n) is 12.9. The number of rotatable bonds is 10. The Bertz CT molecular complexity index is 453. The molecule has 5 unspecified atom stereocenters. The third-order valence-electron chi connectivity index (χ3n) is 10.2. The van der Waals surface area contributed by atoms with Gasteiger partial charge in [-0.25, -0.2) is 0 Å². The largest absolute Gasteiger partial charge is 0.0654 e. The maximum atomic E-state index is 2.64. The Kier molecular flexibility index (Phi) is 11.3. The van der Waals surface area contributed by atoms with E-state index < -0.39 is 0 Å². The topological polar surface area (TPSA) is 0 Å². The molecule has 0 aromatic heterocycles. The number of unbranched alkanes of at least 4 members (excludes halogenated alkanes) is 2. The first-order valence-corrected chi connectivity index (χ1v) is 15.1. The maximum Gasteiger partial charge on any atom is -0.0357 e. The van der Waals surface area contributed by atoms with Crippen LogP contribution in [-0.2, 0) is 0 Å². The van der Waals surface area contributed by atoms with E-state index in [0.29, 0.717) is 0 Å². The van der Waals surface area contributed by atoms with Crippen LogP contribution in [0.5, 0.6) is 0 Å². The van der Waals surface area contributed by atoms with Gasteiger partial charge in [-0.05, 0) is 79.4 Å². The van der Waals surface area contributed by atoms with Crippen LogP contribution in [0.25, 0.3) is 0 Å². The molecule has 3 rings (SSSR count). The lowest BCUT2D eigenvalue weighted by Gasteiger charge is -2.37. The van der Waals surface area contributed by atoms with E-state index in [2.05, 4.69) is 27.7 Å². The molecule has 182 valence electrons. The molecular weight excluding hydrogens is 372 g/mol. The summed E-state index contributed by atoms with van der Waals surface area (Å²) >= 11 is 0. The molecule has 0 N–H and O–H groups in total. The predicted octanol–water partition coefficient (Wildman–Crippen LogP) is 10.4. The van der Waals surface area contributed by atoms with Crippen LogP contribution >= 0.6 is 0 Å². The van der Waals surface area contributed by atoms with E-state index in [0.717, 1.165) is 47.3 Å². The van der Waals surface area contributed by atoms with Crippen molar-refractivity contribution in [3.05, 3.63) is 0 Å². The smallest absolute Gasteiger partial charge is 0.0357 e. The van der Waals surface area contributed by atoms with Gasteiger partial charge in [0.2, 0.25) is 0 Å². The molecule has 0 aromatic carbocycles. The van der Waals surface area contributed by atoms with Crippen LogP contribution in [0.2, 0.25) is 0 Å². The van der Waals surface area contributed by atoms with E-state index in [1.807, 2.05) is 0 Å². The summed E-state index contributed by atoms with van der Waals surface area (Å²) in [6.07, 6.45) is 28.9. The van der Waals surface area contributed by atoms with E-state index in [9.17, 15) is 0 Å². The van der Waals surface area contributed by atoms with Gasteiger partial charge in [-0.15, -0.1) is 0 Å². The molecule has 0 nitrogen and oxygen atoms in total. The number of hydrogen-bond acceptors (Lipinski definition) is 0. The quantitative estimate of drug-likeness (QED) is 0.239. The minimum Gasteiger partial charge on any atom is -0.0654 e. The molecule has 5 atom stereocenters. The molecule has 0 saturated heterocycles. The second kappa shape index (κ2) is 13.6. The van der Waals surface area contributed by atoms with E-state index in [1.54, 1.807) is 38.5 Å². The van der Waals surface area contributed by atoms with Crippen molar-refractivity contribution < 1.29 is 0 Å². The summed E-state index contributed by atoms with van der Waals surface area (Å²) in [6.45, 7) is 10.2. The first-order valence-electron chi connectivity index (χ1n) is 15.1. The van der Waals surface area contributed by atoms with Gasteiger partial charge >= 0.3 is 0 Å². The summed E-state index contributed by atoms with van der Waals surface area (Å²) in [5.74, 6) is 8.16. The van der Waals surface area contributed by atoms with Crippen molar-refractivity contribution in [3.63, 3.8) is 0 Å².